The topological polar surface area (TPSA) is 105 Å². The first-order chi connectivity index (χ1) is 10.6. The molecule has 0 aromatic carbocycles. The van der Waals surface area contributed by atoms with E-state index in [9.17, 15) is 14.4 Å². The molecule has 7 nitrogen and oxygen atoms in total. The third-order valence-corrected chi connectivity index (χ3v) is 2.90. The van der Waals surface area contributed by atoms with Crippen LogP contribution in [0.5, 0.6) is 0 Å². The molecule has 0 heterocycles. The largest absolute Gasteiger partial charge is 0.464 e. The van der Waals surface area contributed by atoms with E-state index in [4.69, 9.17) is 19.9 Å². The van der Waals surface area contributed by atoms with E-state index in [0.29, 0.717) is 12.8 Å². The molecule has 0 bridgehead atoms. The minimum atomic E-state index is -1.83. The molecule has 0 rings (SSSR count). The van der Waals surface area contributed by atoms with Crippen LogP contribution in [0.1, 0.15) is 60.3 Å². The Bertz CT molecular complexity index is 395. The van der Waals surface area contributed by atoms with Gasteiger partial charge in [-0.05, 0) is 53.9 Å². The second-order valence-electron chi connectivity index (χ2n) is 6.21. The first kappa shape index (κ1) is 21.4. The van der Waals surface area contributed by atoms with Crippen LogP contribution in [0, 0.1) is 0 Å². The summed E-state index contributed by atoms with van der Waals surface area (Å²) < 4.78 is 14.9. The van der Waals surface area contributed by atoms with Gasteiger partial charge in [0.15, 0.2) is 0 Å². The van der Waals surface area contributed by atoms with Gasteiger partial charge in [0, 0.05) is 6.42 Å². The second kappa shape index (κ2) is 9.50. The quantitative estimate of drug-likeness (QED) is 0.297. The van der Waals surface area contributed by atoms with E-state index in [1.807, 2.05) is 0 Å². The molecule has 0 unspecified atom stereocenters. The van der Waals surface area contributed by atoms with Crippen LogP contribution in [0.25, 0.3) is 0 Å². The summed E-state index contributed by atoms with van der Waals surface area (Å²) in [5.41, 5.74) is 3.54. The molecule has 0 atom stereocenters. The van der Waals surface area contributed by atoms with Crippen molar-refractivity contribution in [2.45, 2.75) is 71.4 Å². The van der Waals surface area contributed by atoms with Crippen molar-refractivity contribution in [3.63, 3.8) is 0 Å². The van der Waals surface area contributed by atoms with Gasteiger partial charge in [-0.15, -0.1) is 0 Å². The van der Waals surface area contributed by atoms with Crippen LogP contribution in [-0.2, 0) is 28.6 Å². The fourth-order valence-electron chi connectivity index (χ4n) is 1.87. The Morgan fingerprint density at radius 1 is 0.913 bits per heavy atom. The van der Waals surface area contributed by atoms with Crippen LogP contribution >= 0.6 is 0 Å². The molecular formula is C16H29NO6. The van der Waals surface area contributed by atoms with Crippen molar-refractivity contribution < 1.29 is 28.6 Å². The van der Waals surface area contributed by atoms with Crippen molar-refractivity contribution >= 4 is 17.9 Å². The van der Waals surface area contributed by atoms with Gasteiger partial charge in [0.1, 0.15) is 5.60 Å². The van der Waals surface area contributed by atoms with E-state index in [1.165, 1.54) is 0 Å². The predicted molar refractivity (Wildman–Crippen MR) is 84.5 cm³/mol. The summed E-state index contributed by atoms with van der Waals surface area (Å²) in [6.45, 7) is 8.87. The van der Waals surface area contributed by atoms with Crippen LogP contribution in [0.2, 0.25) is 0 Å². The summed E-state index contributed by atoms with van der Waals surface area (Å²) in [4.78, 5) is 35.5. The van der Waals surface area contributed by atoms with Gasteiger partial charge in [-0.25, -0.2) is 9.59 Å². The molecule has 0 aliphatic carbocycles. The van der Waals surface area contributed by atoms with E-state index >= 15 is 0 Å². The van der Waals surface area contributed by atoms with Crippen molar-refractivity contribution in [2.24, 2.45) is 5.73 Å². The highest BCUT2D eigenvalue weighted by molar-refractivity contribution is 6.04. The van der Waals surface area contributed by atoms with Gasteiger partial charge < -0.3 is 19.9 Å². The minimum Gasteiger partial charge on any atom is -0.464 e. The predicted octanol–water partition coefficient (Wildman–Crippen LogP) is 1.71. The van der Waals surface area contributed by atoms with Crippen molar-refractivity contribution in [1.82, 2.24) is 0 Å². The zero-order valence-electron chi connectivity index (χ0n) is 14.8. The van der Waals surface area contributed by atoms with E-state index in [0.717, 1.165) is 0 Å². The lowest BCUT2D eigenvalue weighted by Gasteiger charge is -2.24. The molecular weight excluding hydrogens is 302 g/mol. The number of unbranched alkanes of at least 4 members (excludes halogenated alkanes) is 1. The Morgan fingerprint density at radius 2 is 1.39 bits per heavy atom. The molecule has 0 fully saturated rings. The van der Waals surface area contributed by atoms with Gasteiger partial charge >= 0.3 is 17.9 Å². The Labute approximate surface area is 137 Å². The minimum absolute atomic E-state index is 0.0491. The number of rotatable bonds is 9. The molecule has 2 N–H and O–H groups in total. The Balaban J connectivity index is 4.54. The van der Waals surface area contributed by atoms with Crippen molar-refractivity contribution in [3.05, 3.63) is 0 Å². The number of carbonyl (C=O) groups excluding carboxylic acids is 3. The Hall–Kier alpha value is -1.63. The smallest absolute Gasteiger partial charge is 0.337 e. The van der Waals surface area contributed by atoms with Crippen LogP contribution in [-0.4, -0.2) is 42.3 Å². The number of ether oxygens (including phenoxy) is 3. The molecule has 7 heteroatoms. The SMILES string of the molecule is CCOC(=O)C(N)(CCCCC(=O)OC(C)(C)C)C(=O)OCC. The van der Waals surface area contributed by atoms with Crippen LogP contribution in [0.15, 0.2) is 0 Å². The van der Waals surface area contributed by atoms with Gasteiger partial charge in [0.2, 0.25) is 5.54 Å². The average molecular weight is 331 g/mol. The normalized spacial score (nSPS) is 11.7. The van der Waals surface area contributed by atoms with Gasteiger partial charge in [0.05, 0.1) is 13.2 Å². The zero-order valence-corrected chi connectivity index (χ0v) is 14.8. The maximum absolute atomic E-state index is 12.0. The molecule has 134 valence electrons. The highest BCUT2D eigenvalue weighted by Crippen LogP contribution is 2.18. The zero-order chi connectivity index (χ0) is 18.1. The number of esters is 3. The highest BCUT2D eigenvalue weighted by Gasteiger charge is 2.44. The summed E-state index contributed by atoms with van der Waals surface area (Å²) in [6, 6.07) is 0. The highest BCUT2D eigenvalue weighted by atomic mass is 16.6. The summed E-state index contributed by atoms with van der Waals surface area (Å²) in [6.07, 6.45) is 1.09. The number of hydrogen-bond acceptors (Lipinski definition) is 7. The van der Waals surface area contributed by atoms with Gasteiger partial charge in [-0.1, -0.05) is 0 Å². The third kappa shape index (κ3) is 7.97. The number of nitrogens with two attached hydrogens (primary N) is 1. The van der Waals surface area contributed by atoms with Crippen molar-refractivity contribution in [1.29, 1.82) is 0 Å². The molecule has 23 heavy (non-hydrogen) atoms. The van der Waals surface area contributed by atoms with Crippen LogP contribution in [0.3, 0.4) is 0 Å². The monoisotopic (exact) mass is 331 g/mol. The van der Waals surface area contributed by atoms with E-state index in [-0.39, 0.29) is 32.0 Å². The Kier molecular flexibility index (Phi) is 8.82. The maximum Gasteiger partial charge on any atom is 0.337 e. The maximum atomic E-state index is 12.0. The summed E-state index contributed by atoms with van der Waals surface area (Å²) in [7, 11) is 0. The number of hydrogen-bond donors (Lipinski definition) is 1. The fourth-order valence-corrected chi connectivity index (χ4v) is 1.87. The third-order valence-electron chi connectivity index (χ3n) is 2.90. The Morgan fingerprint density at radius 3 is 1.78 bits per heavy atom. The lowest BCUT2D eigenvalue weighted by atomic mass is 9.93. The molecule has 0 spiro atoms. The first-order valence-electron chi connectivity index (χ1n) is 7.92. The van der Waals surface area contributed by atoms with Crippen LogP contribution in [0.4, 0.5) is 0 Å². The summed E-state index contributed by atoms with van der Waals surface area (Å²) in [5, 5.41) is 0. The lowest BCUT2D eigenvalue weighted by molar-refractivity contribution is -0.164. The number of carbonyl (C=O) groups is 3. The average Bonchev–Trinajstić information content (AvgIpc) is 2.41. The van der Waals surface area contributed by atoms with E-state index < -0.39 is 23.1 Å². The standard InChI is InChI=1S/C16H29NO6/c1-6-21-13(19)16(17,14(20)22-7-2)11-9-8-10-12(18)23-15(3,4)5/h6-11,17H2,1-5H3. The molecule has 0 amide bonds. The second-order valence-corrected chi connectivity index (χ2v) is 6.21. The van der Waals surface area contributed by atoms with Crippen LogP contribution < -0.4 is 5.73 Å². The van der Waals surface area contributed by atoms with Gasteiger partial charge in [0.25, 0.3) is 0 Å². The van der Waals surface area contributed by atoms with E-state index in [2.05, 4.69) is 0 Å². The molecule has 0 aliphatic rings. The molecule has 0 aromatic rings. The first-order valence-corrected chi connectivity index (χ1v) is 7.92. The van der Waals surface area contributed by atoms with Crippen molar-refractivity contribution in [2.75, 3.05) is 13.2 Å². The molecule has 0 saturated carbocycles. The molecule has 0 aliphatic heterocycles. The summed E-state index contributed by atoms with van der Waals surface area (Å²) >= 11 is 0. The molecule has 0 aromatic heterocycles. The molecule has 0 radical (unpaired) electrons. The lowest BCUT2D eigenvalue weighted by Crippen LogP contribution is -2.56. The fraction of sp³-hybridized carbons (Fsp3) is 0.812. The summed E-state index contributed by atoms with van der Waals surface area (Å²) in [5.74, 6) is -1.95. The van der Waals surface area contributed by atoms with Gasteiger partial charge in [-0.2, -0.15) is 0 Å². The van der Waals surface area contributed by atoms with E-state index in [1.54, 1.807) is 34.6 Å². The van der Waals surface area contributed by atoms with Crippen molar-refractivity contribution in [3.8, 4) is 0 Å². The molecule has 0 saturated heterocycles. The van der Waals surface area contributed by atoms with Gasteiger partial charge in [-0.3, -0.25) is 4.79 Å².